The first-order valence-corrected chi connectivity index (χ1v) is 20.6. The predicted molar refractivity (Wildman–Crippen MR) is 255 cm³/mol. The topological polar surface area (TPSA) is 25.8 Å². The molecule has 0 aliphatic carbocycles. The number of fused-ring (bicyclic) bond motifs is 4. The van der Waals surface area contributed by atoms with Gasteiger partial charge in [-0.3, -0.25) is 0 Å². The van der Waals surface area contributed by atoms with Crippen molar-refractivity contribution >= 4 is 86.2 Å². The van der Waals surface area contributed by atoms with Crippen LogP contribution in [0.5, 0.6) is 0 Å². The maximum atomic E-state index is 5.28. The molecule has 0 amide bonds. The molecule has 0 unspecified atom stereocenters. The molecule has 1 heterocycles. The fraction of sp³-hybridized carbons (Fsp3) is 0. The standard InChI is InChI=1S/C58H34N2/c1-2-12-39(13-3-1)58-59-52(41-27-23-35-11-4-5-14-40(35)31-41)34-53(60-58)47-30-29-44(45-18-6-7-19-46(45)47)43-32-42-28-26-38-16-9-21-49-48-20-8-15-36-24-25-37-17-10-22-50(56(37)54(36)48)51(33-43)57(42)55(38)49/h1-34H. The second-order valence-corrected chi connectivity index (χ2v) is 16.1. The number of benzene rings is 11. The molecule has 13 aromatic rings. The van der Waals surface area contributed by atoms with Crippen molar-refractivity contribution in [3.8, 4) is 45.0 Å². The van der Waals surface area contributed by atoms with Crippen molar-refractivity contribution in [1.29, 1.82) is 0 Å². The average molecular weight is 759 g/mol. The van der Waals surface area contributed by atoms with Gasteiger partial charge in [0.25, 0.3) is 0 Å². The van der Waals surface area contributed by atoms with Crippen molar-refractivity contribution in [3.05, 3.63) is 206 Å². The van der Waals surface area contributed by atoms with Crippen molar-refractivity contribution in [2.45, 2.75) is 0 Å². The van der Waals surface area contributed by atoms with Crippen LogP contribution in [0.1, 0.15) is 0 Å². The molecule has 0 atom stereocenters. The van der Waals surface area contributed by atoms with Crippen LogP contribution in [-0.4, -0.2) is 9.97 Å². The van der Waals surface area contributed by atoms with Crippen LogP contribution in [0.4, 0.5) is 0 Å². The van der Waals surface area contributed by atoms with Crippen LogP contribution in [0.2, 0.25) is 0 Å². The van der Waals surface area contributed by atoms with E-state index >= 15 is 0 Å². The normalized spacial score (nSPS) is 12.0. The molecular weight excluding hydrogens is 725 g/mol. The van der Waals surface area contributed by atoms with Gasteiger partial charge in [-0.2, -0.15) is 0 Å². The molecule has 13 rings (SSSR count). The molecule has 0 aliphatic heterocycles. The van der Waals surface area contributed by atoms with Gasteiger partial charge in [0.15, 0.2) is 5.82 Å². The summed E-state index contributed by atoms with van der Waals surface area (Å²) in [4.78, 5) is 10.5. The smallest absolute Gasteiger partial charge is 0.160 e. The predicted octanol–water partition coefficient (Wildman–Crippen LogP) is 15.8. The molecule has 0 saturated carbocycles. The van der Waals surface area contributed by atoms with E-state index < -0.39 is 0 Å². The van der Waals surface area contributed by atoms with Gasteiger partial charge in [-0.05, 0) is 122 Å². The van der Waals surface area contributed by atoms with Crippen LogP contribution in [0.3, 0.4) is 0 Å². The minimum absolute atomic E-state index is 0.711. The lowest BCUT2D eigenvalue weighted by atomic mass is 9.86. The molecular formula is C58H34N2. The number of nitrogens with zero attached hydrogens (tertiary/aromatic N) is 2. The average Bonchev–Trinajstić information content (AvgIpc) is 3.32. The number of aromatic nitrogens is 2. The summed E-state index contributed by atoms with van der Waals surface area (Å²) in [6, 6.07) is 75.4. The van der Waals surface area contributed by atoms with Gasteiger partial charge in [-0.1, -0.05) is 182 Å². The molecule has 60 heavy (non-hydrogen) atoms. The fourth-order valence-corrected chi connectivity index (χ4v) is 10.0. The second-order valence-electron chi connectivity index (χ2n) is 16.1. The number of hydrogen-bond acceptors (Lipinski definition) is 2. The summed E-state index contributed by atoms with van der Waals surface area (Å²) < 4.78 is 0. The quantitative estimate of drug-likeness (QED) is 0.167. The Morgan fingerprint density at radius 1 is 0.233 bits per heavy atom. The van der Waals surface area contributed by atoms with Crippen LogP contribution >= 0.6 is 0 Å². The van der Waals surface area contributed by atoms with E-state index in [1.165, 1.54) is 91.9 Å². The molecule has 12 aromatic carbocycles. The highest BCUT2D eigenvalue weighted by Gasteiger charge is 2.19. The van der Waals surface area contributed by atoms with Gasteiger partial charge >= 0.3 is 0 Å². The monoisotopic (exact) mass is 758 g/mol. The van der Waals surface area contributed by atoms with E-state index in [-0.39, 0.29) is 0 Å². The maximum absolute atomic E-state index is 5.28. The second kappa shape index (κ2) is 12.8. The lowest BCUT2D eigenvalue weighted by Crippen LogP contribution is -1.97. The van der Waals surface area contributed by atoms with Crippen molar-refractivity contribution in [3.63, 3.8) is 0 Å². The molecule has 1 aromatic heterocycles. The van der Waals surface area contributed by atoms with Gasteiger partial charge < -0.3 is 0 Å². The first kappa shape index (κ1) is 33.1. The summed E-state index contributed by atoms with van der Waals surface area (Å²) in [5.41, 5.74) is 7.32. The molecule has 0 saturated heterocycles. The molecule has 0 aliphatic rings. The molecule has 2 nitrogen and oxygen atoms in total. The Morgan fingerprint density at radius 3 is 1.42 bits per heavy atom. The third kappa shape index (κ3) is 4.95. The third-order valence-corrected chi connectivity index (χ3v) is 12.7. The largest absolute Gasteiger partial charge is 0.228 e. The zero-order valence-corrected chi connectivity index (χ0v) is 32.5. The van der Waals surface area contributed by atoms with Crippen molar-refractivity contribution in [2.75, 3.05) is 0 Å². The highest BCUT2D eigenvalue weighted by atomic mass is 14.9. The van der Waals surface area contributed by atoms with Crippen LogP contribution in [0, 0.1) is 0 Å². The first-order chi connectivity index (χ1) is 29.7. The minimum Gasteiger partial charge on any atom is -0.228 e. The summed E-state index contributed by atoms with van der Waals surface area (Å²) in [6.07, 6.45) is 0. The Morgan fingerprint density at radius 2 is 0.717 bits per heavy atom. The molecule has 0 fully saturated rings. The van der Waals surface area contributed by atoms with Crippen LogP contribution in [0.25, 0.3) is 131 Å². The Labute approximate surface area is 346 Å². The Kier molecular flexibility index (Phi) is 7.05. The molecule has 0 N–H and O–H groups in total. The Bertz CT molecular complexity index is 3880. The van der Waals surface area contributed by atoms with E-state index in [2.05, 4.69) is 200 Å². The lowest BCUT2D eigenvalue weighted by Gasteiger charge is -2.18. The van der Waals surface area contributed by atoms with Crippen LogP contribution < -0.4 is 0 Å². The zero-order chi connectivity index (χ0) is 39.3. The first-order valence-electron chi connectivity index (χ1n) is 20.6. The summed E-state index contributed by atoms with van der Waals surface area (Å²) in [5.74, 6) is 0.711. The SMILES string of the molecule is c1ccc(-c2nc(-c3ccc4ccccc4c3)cc(-c3ccc(-c4cc5ccc6cccc7c8cccc9ccc%10cccc(c(c4)c5c67)c%10c98)c4ccccc34)n2)cc1. The van der Waals surface area contributed by atoms with Gasteiger partial charge in [0.2, 0.25) is 0 Å². The molecule has 276 valence electrons. The molecule has 2 heteroatoms. The Balaban J connectivity index is 1.08. The summed E-state index contributed by atoms with van der Waals surface area (Å²) in [7, 11) is 0. The number of hydrogen-bond donors (Lipinski definition) is 0. The minimum atomic E-state index is 0.711. The summed E-state index contributed by atoms with van der Waals surface area (Å²) >= 11 is 0. The Hall–Kier alpha value is -7.94. The molecule has 0 spiro atoms. The van der Waals surface area contributed by atoms with Gasteiger partial charge in [0.1, 0.15) is 0 Å². The third-order valence-electron chi connectivity index (χ3n) is 12.7. The van der Waals surface area contributed by atoms with Crippen molar-refractivity contribution in [1.82, 2.24) is 9.97 Å². The number of rotatable bonds is 4. The molecule has 0 radical (unpaired) electrons. The van der Waals surface area contributed by atoms with Gasteiger partial charge in [0, 0.05) is 16.7 Å². The van der Waals surface area contributed by atoms with E-state index in [4.69, 9.17) is 9.97 Å². The van der Waals surface area contributed by atoms with Gasteiger partial charge in [0.05, 0.1) is 11.4 Å². The maximum Gasteiger partial charge on any atom is 0.160 e. The highest BCUT2D eigenvalue weighted by molar-refractivity contribution is 6.37. The summed E-state index contributed by atoms with van der Waals surface area (Å²) in [5, 5.41) is 20.2. The van der Waals surface area contributed by atoms with E-state index in [0.717, 1.165) is 33.5 Å². The van der Waals surface area contributed by atoms with E-state index in [1.54, 1.807) is 0 Å². The van der Waals surface area contributed by atoms with Gasteiger partial charge in [-0.25, -0.2) is 9.97 Å². The lowest BCUT2D eigenvalue weighted by molar-refractivity contribution is 1.19. The zero-order valence-electron chi connectivity index (χ0n) is 32.5. The van der Waals surface area contributed by atoms with E-state index in [1.807, 2.05) is 6.07 Å². The van der Waals surface area contributed by atoms with E-state index in [0.29, 0.717) is 5.82 Å². The fourth-order valence-electron chi connectivity index (χ4n) is 10.0. The molecule has 0 bridgehead atoms. The van der Waals surface area contributed by atoms with Gasteiger partial charge in [-0.15, -0.1) is 0 Å². The van der Waals surface area contributed by atoms with E-state index in [9.17, 15) is 0 Å². The highest BCUT2D eigenvalue weighted by Crippen LogP contribution is 2.46. The van der Waals surface area contributed by atoms with Crippen molar-refractivity contribution in [2.24, 2.45) is 0 Å². The van der Waals surface area contributed by atoms with Crippen molar-refractivity contribution < 1.29 is 0 Å². The summed E-state index contributed by atoms with van der Waals surface area (Å²) in [6.45, 7) is 0. The van der Waals surface area contributed by atoms with Crippen LogP contribution in [0.15, 0.2) is 206 Å². The van der Waals surface area contributed by atoms with Crippen LogP contribution in [-0.2, 0) is 0 Å².